The summed E-state index contributed by atoms with van der Waals surface area (Å²) in [4.78, 5) is 12.5. The van der Waals surface area contributed by atoms with E-state index in [0.717, 1.165) is 24.8 Å². The summed E-state index contributed by atoms with van der Waals surface area (Å²) >= 11 is 3.70. The first-order valence-corrected chi connectivity index (χ1v) is 8.45. The maximum atomic E-state index is 12.2. The van der Waals surface area contributed by atoms with E-state index in [4.69, 9.17) is 9.47 Å². The van der Waals surface area contributed by atoms with E-state index in [1.54, 1.807) is 6.07 Å². The Kier molecular flexibility index (Phi) is 4.33. The second kappa shape index (κ2) is 6.07. The van der Waals surface area contributed by atoms with Crippen LogP contribution in [0.1, 0.15) is 48.5 Å². The minimum atomic E-state index is -1.14. The van der Waals surface area contributed by atoms with Gasteiger partial charge in [0.15, 0.2) is 0 Å². The first-order chi connectivity index (χ1) is 10.2. The molecule has 1 aliphatic carbocycles. The molecule has 1 saturated carbocycles. The van der Waals surface area contributed by atoms with Gasteiger partial charge in [-0.05, 0) is 25.8 Å². The fourth-order valence-corrected chi connectivity index (χ4v) is 3.79. The lowest BCUT2D eigenvalue weighted by atomic mass is 9.97. The normalized spacial score (nSPS) is 31.8. The molecule has 4 nitrogen and oxygen atoms in total. The van der Waals surface area contributed by atoms with Gasteiger partial charge in [-0.15, -0.1) is 0 Å². The topological polar surface area (TPSA) is 47.6 Å². The van der Waals surface area contributed by atoms with Crippen molar-refractivity contribution in [2.24, 2.45) is 0 Å². The second-order valence-corrected chi connectivity index (χ2v) is 6.68. The smallest absolute Gasteiger partial charge is 0.281 e. The van der Waals surface area contributed by atoms with Crippen LogP contribution in [0.4, 0.5) is 0 Å². The lowest BCUT2D eigenvalue weighted by molar-refractivity contribution is -0.277. The van der Waals surface area contributed by atoms with Crippen molar-refractivity contribution in [3.05, 3.63) is 35.4 Å². The predicted octanol–water partition coefficient (Wildman–Crippen LogP) is 3.30. The molecule has 21 heavy (non-hydrogen) atoms. The van der Waals surface area contributed by atoms with Crippen molar-refractivity contribution in [2.45, 2.75) is 49.4 Å². The molecule has 1 fully saturated rings. The maximum Gasteiger partial charge on any atom is 0.281 e. The van der Waals surface area contributed by atoms with Crippen LogP contribution in [0.25, 0.3) is 0 Å². The van der Waals surface area contributed by atoms with E-state index in [1.807, 2.05) is 25.1 Å². The van der Waals surface area contributed by atoms with E-state index in [9.17, 15) is 4.79 Å². The highest BCUT2D eigenvalue weighted by Crippen LogP contribution is 2.38. The number of carbonyl (C=O) groups is 1. The summed E-state index contributed by atoms with van der Waals surface area (Å²) in [5, 5.41) is 2.90. The van der Waals surface area contributed by atoms with Gasteiger partial charge < -0.3 is 9.47 Å². The van der Waals surface area contributed by atoms with Gasteiger partial charge in [-0.25, -0.2) is 0 Å². The molecule has 1 aromatic carbocycles. The number of rotatable bonds is 4. The molecule has 1 heterocycles. The Balaban J connectivity index is 1.92. The van der Waals surface area contributed by atoms with Crippen LogP contribution in [0, 0.1) is 0 Å². The summed E-state index contributed by atoms with van der Waals surface area (Å²) in [7, 11) is 0. The van der Waals surface area contributed by atoms with E-state index < -0.39 is 5.91 Å². The van der Waals surface area contributed by atoms with Gasteiger partial charge in [-0.2, -0.15) is 0 Å². The van der Waals surface area contributed by atoms with Crippen molar-refractivity contribution in [2.75, 3.05) is 6.61 Å². The molecule has 1 N–H and O–H groups in total. The zero-order valence-corrected chi connectivity index (χ0v) is 13.7. The summed E-state index contributed by atoms with van der Waals surface area (Å²) in [5.74, 6) is -1.28. The molecule has 114 valence electrons. The fourth-order valence-electron chi connectivity index (χ4n) is 3.09. The molecule has 1 amide bonds. The molecule has 2 aliphatic rings. The van der Waals surface area contributed by atoms with Crippen molar-refractivity contribution < 1.29 is 14.3 Å². The van der Waals surface area contributed by atoms with Crippen LogP contribution in [0.2, 0.25) is 0 Å². The highest BCUT2D eigenvalue weighted by molar-refractivity contribution is 9.09. The summed E-state index contributed by atoms with van der Waals surface area (Å²) in [5.41, 5.74) is 1.41. The Labute approximate surface area is 133 Å². The lowest BCUT2D eigenvalue weighted by Gasteiger charge is -2.37. The van der Waals surface area contributed by atoms with Gasteiger partial charge in [0.05, 0.1) is 11.7 Å². The van der Waals surface area contributed by atoms with Gasteiger partial charge in [0.2, 0.25) is 0 Å². The molecule has 0 bridgehead atoms. The van der Waals surface area contributed by atoms with Crippen LogP contribution in [0.5, 0.6) is 0 Å². The zero-order valence-electron chi connectivity index (χ0n) is 12.1. The van der Waals surface area contributed by atoms with Crippen molar-refractivity contribution in [1.82, 2.24) is 5.32 Å². The van der Waals surface area contributed by atoms with Crippen LogP contribution in [0.3, 0.4) is 0 Å². The van der Waals surface area contributed by atoms with E-state index >= 15 is 0 Å². The molecule has 0 spiro atoms. The van der Waals surface area contributed by atoms with Crippen molar-refractivity contribution in [3.8, 4) is 0 Å². The number of ether oxygens (including phenoxy) is 2. The standard InChI is InChI=1S/C16H20BrNO3/c1-2-20-16(21-14-10-6-5-9-13(14)17)12-8-4-3-7-11(12)15(19)18-16/h3-4,7-8,13-14H,2,5-6,9-10H2,1H3,(H,18,19)/t13-,14-,16+/m1/s1. The summed E-state index contributed by atoms with van der Waals surface area (Å²) in [6.07, 6.45) is 4.45. The molecule has 1 aromatic rings. The highest BCUT2D eigenvalue weighted by atomic mass is 79.9. The first kappa shape index (κ1) is 15.0. The minimum absolute atomic E-state index is 0.0387. The number of benzene rings is 1. The molecule has 5 heteroatoms. The predicted molar refractivity (Wildman–Crippen MR) is 83.3 cm³/mol. The SMILES string of the molecule is CCO[C@@]1(O[C@@H]2CCCC[C@H]2Br)NC(=O)c2ccccc21. The molecular formula is C16H20BrNO3. The summed E-state index contributed by atoms with van der Waals surface area (Å²) < 4.78 is 12.2. The number of alkyl halides is 1. The third-order valence-corrected chi connectivity index (χ3v) is 5.14. The van der Waals surface area contributed by atoms with Crippen molar-refractivity contribution >= 4 is 21.8 Å². The van der Waals surface area contributed by atoms with Gasteiger partial charge in [0.1, 0.15) is 0 Å². The number of hydrogen-bond donors (Lipinski definition) is 1. The molecule has 3 atom stereocenters. The number of amides is 1. The third-order valence-electron chi connectivity index (χ3n) is 4.09. The van der Waals surface area contributed by atoms with Gasteiger partial charge in [-0.3, -0.25) is 10.1 Å². The zero-order chi connectivity index (χ0) is 14.9. The van der Waals surface area contributed by atoms with E-state index in [-0.39, 0.29) is 12.0 Å². The largest absolute Gasteiger partial charge is 0.329 e. The Bertz CT molecular complexity index is 536. The average molecular weight is 354 g/mol. The first-order valence-electron chi connectivity index (χ1n) is 7.54. The molecule has 0 unspecified atom stereocenters. The molecular weight excluding hydrogens is 334 g/mol. The van der Waals surface area contributed by atoms with E-state index in [2.05, 4.69) is 21.2 Å². The molecule has 0 aromatic heterocycles. The number of nitrogens with one attached hydrogen (secondary N) is 1. The Morgan fingerprint density at radius 2 is 2.10 bits per heavy atom. The average Bonchev–Trinajstić information content (AvgIpc) is 2.76. The molecule has 1 aliphatic heterocycles. The van der Waals surface area contributed by atoms with E-state index in [0.29, 0.717) is 17.0 Å². The van der Waals surface area contributed by atoms with Crippen LogP contribution in [0.15, 0.2) is 24.3 Å². The maximum absolute atomic E-state index is 12.2. The monoisotopic (exact) mass is 353 g/mol. The molecule has 3 rings (SSSR count). The second-order valence-electron chi connectivity index (χ2n) is 5.51. The molecule has 0 saturated heterocycles. The number of halogens is 1. The highest BCUT2D eigenvalue weighted by Gasteiger charge is 2.47. The van der Waals surface area contributed by atoms with Gasteiger partial charge in [0, 0.05) is 17.0 Å². The summed E-state index contributed by atoms with van der Waals surface area (Å²) in [6.45, 7) is 2.37. The van der Waals surface area contributed by atoms with Crippen LogP contribution < -0.4 is 5.32 Å². The quantitative estimate of drug-likeness (QED) is 0.667. The minimum Gasteiger partial charge on any atom is -0.329 e. The summed E-state index contributed by atoms with van der Waals surface area (Å²) in [6, 6.07) is 7.47. The van der Waals surface area contributed by atoms with Gasteiger partial charge >= 0.3 is 0 Å². The Hall–Kier alpha value is -0.910. The fraction of sp³-hybridized carbons (Fsp3) is 0.562. The van der Waals surface area contributed by atoms with Crippen molar-refractivity contribution in [3.63, 3.8) is 0 Å². The Morgan fingerprint density at radius 1 is 1.33 bits per heavy atom. The third kappa shape index (κ3) is 2.74. The van der Waals surface area contributed by atoms with E-state index in [1.165, 1.54) is 6.42 Å². The van der Waals surface area contributed by atoms with Gasteiger partial charge in [0.25, 0.3) is 11.8 Å². The van der Waals surface area contributed by atoms with Crippen LogP contribution in [-0.4, -0.2) is 23.4 Å². The van der Waals surface area contributed by atoms with Crippen LogP contribution >= 0.6 is 15.9 Å². The van der Waals surface area contributed by atoms with Gasteiger partial charge in [-0.1, -0.05) is 47.0 Å². The number of carbonyl (C=O) groups excluding carboxylic acids is 1. The lowest BCUT2D eigenvalue weighted by Crippen LogP contribution is -2.49. The number of fused-ring (bicyclic) bond motifs is 1. The molecule has 0 radical (unpaired) electrons. The number of hydrogen-bond acceptors (Lipinski definition) is 3. The van der Waals surface area contributed by atoms with Crippen molar-refractivity contribution in [1.29, 1.82) is 0 Å². The van der Waals surface area contributed by atoms with Crippen LogP contribution in [-0.2, 0) is 15.4 Å². The Morgan fingerprint density at radius 3 is 2.86 bits per heavy atom.